The molecule has 0 bridgehead atoms. The van der Waals surface area contributed by atoms with Crippen molar-refractivity contribution in [1.82, 2.24) is 4.98 Å². The molecule has 0 atom stereocenters. The Hall–Kier alpha value is -2.74. The summed E-state index contributed by atoms with van der Waals surface area (Å²) < 4.78 is 1.08. The Labute approximate surface area is 116 Å². The van der Waals surface area contributed by atoms with Crippen LogP contribution >= 0.6 is 11.3 Å². The zero-order valence-electron chi connectivity index (χ0n) is 10.1. The molecule has 8 heteroatoms. The van der Waals surface area contributed by atoms with E-state index >= 15 is 0 Å². The fraction of sp³-hybridized carbons (Fsp3) is 0. The molecule has 0 saturated carbocycles. The second-order valence-electron chi connectivity index (χ2n) is 3.89. The molecule has 0 spiro atoms. The highest BCUT2D eigenvalue weighted by Crippen LogP contribution is 2.30. The van der Waals surface area contributed by atoms with E-state index in [9.17, 15) is 0 Å². The highest BCUT2D eigenvalue weighted by Gasteiger charge is 2.07. The lowest BCUT2D eigenvalue weighted by Crippen LogP contribution is -2.44. The first-order chi connectivity index (χ1) is 9.45. The van der Waals surface area contributed by atoms with Gasteiger partial charge in [-0.15, -0.1) is 11.3 Å². The van der Waals surface area contributed by atoms with Crippen molar-refractivity contribution in [2.75, 3.05) is 5.73 Å². The number of aromatic nitrogens is 1. The minimum absolute atomic E-state index is 0.758. The summed E-state index contributed by atoms with van der Waals surface area (Å²) in [4.78, 5) is 13.9. The first kappa shape index (κ1) is 13.7. The van der Waals surface area contributed by atoms with Gasteiger partial charge >= 0.3 is 0 Å². The SMILES string of the molecule is Nc1ccc2nc3ccc(=[NH2+])cc-3sc2c1.O=[N+]([O-])[O-]. The van der Waals surface area contributed by atoms with Crippen LogP contribution < -0.4 is 16.5 Å². The van der Waals surface area contributed by atoms with E-state index in [0.29, 0.717) is 0 Å². The van der Waals surface area contributed by atoms with Gasteiger partial charge in [0.05, 0.1) is 25.9 Å². The number of hydrogen-bond acceptors (Lipinski definition) is 6. The Morgan fingerprint density at radius 2 is 1.90 bits per heavy atom. The third kappa shape index (κ3) is 3.18. The van der Waals surface area contributed by atoms with E-state index in [0.717, 1.165) is 31.8 Å². The van der Waals surface area contributed by atoms with E-state index in [1.54, 1.807) is 11.3 Å². The van der Waals surface area contributed by atoms with Crippen molar-refractivity contribution in [2.24, 2.45) is 0 Å². The van der Waals surface area contributed by atoms with Crippen LogP contribution in [0.1, 0.15) is 0 Å². The zero-order chi connectivity index (χ0) is 14.7. The van der Waals surface area contributed by atoms with Gasteiger partial charge in [0.2, 0.25) is 0 Å². The van der Waals surface area contributed by atoms with Crippen molar-refractivity contribution in [2.45, 2.75) is 0 Å². The number of nitrogens with two attached hydrogens (primary N) is 2. The van der Waals surface area contributed by atoms with E-state index in [4.69, 9.17) is 26.5 Å². The van der Waals surface area contributed by atoms with Gasteiger partial charge in [0.25, 0.3) is 0 Å². The molecule has 1 aromatic carbocycles. The summed E-state index contributed by atoms with van der Waals surface area (Å²) >= 11 is 1.66. The maximum absolute atomic E-state index is 8.25. The number of benzene rings is 2. The molecule has 0 amide bonds. The van der Waals surface area contributed by atoms with Crippen molar-refractivity contribution in [3.05, 3.63) is 57.1 Å². The van der Waals surface area contributed by atoms with Gasteiger partial charge in [0.15, 0.2) is 5.36 Å². The second-order valence-corrected chi connectivity index (χ2v) is 4.98. The maximum Gasteiger partial charge on any atom is 0.198 e. The number of anilines is 1. The molecule has 1 aliphatic heterocycles. The highest BCUT2D eigenvalue weighted by atomic mass is 32.1. The van der Waals surface area contributed by atoms with Crippen molar-refractivity contribution in [3.63, 3.8) is 0 Å². The molecule has 1 heterocycles. The van der Waals surface area contributed by atoms with Gasteiger partial charge < -0.3 is 21.1 Å². The Kier molecular flexibility index (Phi) is 3.76. The summed E-state index contributed by atoms with van der Waals surface area (Å²) in [7, 11) is 0. The van der Waals surface area contributed by atoms with Gasteiger partial charge in [-0.2, -0.15) is 0 Å². The Bertz CT molecular complexity index is 798. The van der Waals surface area contributed by atoms with Crippen molar-refractivity contribution in [3.8, 4) is 10.6 Å². The molecule has 1 aromatic rings. The van der Waals surface area contributed by atoms with Crippen LogP contribution in [0.4, 0.5) is 5.69 Å². The maximum atomic E-state index is 8.25. The van der Waals surface area contributed by atoms with Crippen molar-refractivity contribution in [1.29, 1.82) is 0 Å². The molecule has 0 aromatic heterocycles. The zero-order valence-corrected chi connectivity index (χ0v) is 11.0. The van der Waals surface area contributed by atoms with Gasteiger partial charge in [0.1, 0.15) is 0 Å². The van der Waals surface area contributed by atoms with E-state index in [2.05, 4.69) is 4.98 Å². The molecule has 0 fully saturated rings. The number of nitrogens with zero attached hydrogens (tertiary/aromatic N) is 2. The van der Waals surface area contributed by atoms with Crippen LogP contribution in [0.25, 0.3) is 20.8 Å². The largest absolute Gasteiger partial charge is 0.399 e. The third-order valence-corrected chi connectivity index (χ3v) is 3.52. The van der Waals surface area contributed by atoms with E-state index < -0.39 is 5.09 Å². The van der Waals surface area contributed by atoms with Crippen LogP contribution in [0, 0.1) is 15.3 Å². The average Bonchev–Trinajstić information content (AvgIpc) is 2.35. The van der Waals surface area contributed by atoms with Crippen LogP contribution in [-0.4, -0.2) is 10.1 Å². The van der Waals surface area contributed by atoms with Gasteiger partial charge in [-0.25, -0.2) is 4.98 Å². The van der Waals surface area contributed by atoms with E-state index in [1.807, 2.05) is 36.4 Å². The summed E-state index contributed by atoms with van der Waals surface area (Å²) in [6.07, 6.45) is 0. The second kappa shape index (κ2) is 5.49. The summed E-state index contributed by atoms with van der Waals surface area (Å²) in [6.45, 7) is 0. The average molecular weight is 290 g/mol. The molecule has 0 radical (unpaired) electrons. The van der Waals surface area contributed by atoms with Crippen LogP contribution in [0.3, 0.4) is 0 Å². The number of hydrogen-bond donors (Lipinski definition) is 2. The fourth-order valence-electron chi connectivity index (χ4n) is 1.66. The summed E-state index contributed by atoms with van der Waals surface area (Å²) in [6, 6.07) is 11.5. The predicted octanol–water partition coefficient (Wildman–Crippen LogP) is 0.404. The molecule has 2 aliphatic rings. The Balaban J connectivity index is 0.000000328. The lowest BCUT2D eigenvalue weighted by molar-refractivity contribution is -0.402. The molecule has 102 valence electrons. The monoisotopic (exact) mass is 290 g/mol. The number of nitrogen functional groups attached to an aromatic ring is 1. The molecule has 1 aliphatic carbocycles. The molecular formula is C12H10N4O3S. The first-order valence-electron chi connectivity index (χ1n) is 5.46. The highest BCUT2D eigenvalue weighted by molar-refractivity contribution is 7.21. The minimum Gasteiger partial charge on any atom is -0.399 e. The third-order valence-electron chi connectivity index (χ3n) is 2.43. The van der Waals surface area contributed by atoms with Gasteiger partial charge in [-0.3, -0.25) is 5.41 Å². The molecule has 4 N–H and O–H groups in total. The van der Waals surface area contributed by atoms with Crippen LogP contribution in [0.5, 0.6) is 0 Å². The van der Waals surface area contributed by atoms with Gasteiger partial charge in [-0.1, -0.05) is 0 Å². The molecule has 0 unspecified atom stereocenters. The van der Waals surface area contributed by atoms with Gasteiger partial charge in [0, 0.05) is 17.8 Å². The topological polar surface area (TPSA) is 131 Å². The Morgan fingerprint density at radius 1 is 1.20 bits per heavy atom. The predicted molar refractivity (Wildman–Crippen MR) is 76.1 cm³/mol. The summed E-state index contributed by atoms with van der Waals surface area (Å²) in [5.74, 6) is 0. The van der Waals surface area contributed by atoms with Crippen LogP contribution in [-0.2, 0) is 0 Å². The molecule has 0 saturated heterocycles. The smallest absolute Gasteiger partial charge is 0.198 e. The molecule has 3 rings (SSSR count). The van der Waals surface area contributed by atoms with Crippen molar-refractivity contribution < 1.29 is 10.5 Å². The van der Waals surface area contributed by atoms with Crippen molar-refractivity contribution >= 4 is 27.2 Å². The number of fused-ring (bicyclic) bond motifs is 2. The molecule has 20 heavy (non-hydrogen) atoms. The molecule has 7 nitrogen and oxygen atoms in total. The normalized spacial score (nSPS) is 10.0. The molecular weight excluding hydrogens is 280 g/mol. The van der Waals surface area contributed by atoms with Crippen LogP contribution in [0.2, 0.25) is 0 Å². The fourth-order valence-corrected chi connectivity index (χ4v) is 2.72. The van der Waals surface area contributed by atoms with E-state index in [-0.39, 0.29) is 0 Å². The summed E-state index contributed by atoms with van der Waals surface area (Å²) in [5, 5.41) is 21.3. The van der Waals surface area contributed by atoms with Crippen LogP contribution in [0.15, 0.2) is 36.4 Å². The van der Waals surface area contributed by atoms with E-state index in [1.165, 1.54) is 0 Å². The lowest BCUT2D eigenvalue weighted by atomic mass is 10.2. The standard InChI is InChI=1S/C12H9N3S.NO3/c13-7-1-3-9-11(5-7)16-12-6-8(14)2-4-10(12)15-9;2-1(3)4/h1-6,13H,14H2;/q;-1/p+1. The quantitative estimate of drug-likeness (QED) is 0.268. The minimum atomic E-state index is -1.75. The van der Waals surface area contributed by atoms with Gasteiger partial charge in [-0.05, 0) is 24.3 Å². The first-order valence-corrected chi connectivity index (χ1v) is 6.27. The Morgan fingerprint density at radius 3 is 2.60 bits per heavy atom. The lowest BCUT2D eigenvalue weighted by Gasteiger charge is -2.05. The summed E-state index contributed by atoms with van der Waals surface area (Å²) in [5.41, 5.74) is 8.45. The number of rotatable bonds is 0.